The van der Waals surface area contributed by atoms with Gasteiger partial charge in [0.1, 0.15) is 0 Å². The summed E-state index contributed by atoms with van der Waals surface area (Å²) in [5.41, 5.74) is 6.23. The number of benzene rings is 1. The van der Waals surface area contributed by atoms with E-state index in [1.165, 1.54) is 18.2 Å². The first-order valence-electron chi connectivity index (χ1n) is 5.12. The van der Waals surface area contributed by atoms with Crippen LogP contribution in [0, 0.1) is 10.1 Å². The Hall–Kier alpha value is -1.63. The highest BCUT2D eigenvalue weighted by atomic mass is 31.2. The molecule has 0 saturated heterocycles. The Morgan fingerprint density at radius 1 is 1.44 bits per heavy atom. The number of hydrogen-bond donors (Lipinski definition) is 4. The summed E-state index contributed by atoms with van der Waals surface area (Å²) in [4.78, 5) is 27.2. The minimum atomic E-state index is -3.98. The van der Waals surface area contributed by atoms with Crippen LogP contribution < -0.4 is 11.1 Å². The Morgan fingerprint density at radius 3 is 2.61 bits per heavy atom. The number of nitrogens with zero attached hydrogens (tertiary/aromatic N) is 1. The molecule has 0 amide bonds. The highest BCUT2D eigenvalue weighted by Crippen LogP contribution is 2.34. The highest BCUT2D eigenvalue weighted by molar-refractivity contribution is 7.51. The molecule has 0 fully saturated rings. The molecule has 1 rings (SSSR count). The van der Waals surface area contributed by atoms with Crippen molar-refractivity contribution in [1.29, 1.82) is 0 Å². The Labute approximate surface area is 103 Å². The van der Waals surface area contributed by atoms with Crippen molar-refractivity contribution in [3.05, 3.63) is 28.3 Å². The van der Waals surface area contributed by atoms with E-state index in [0.717, 1.165) is 0 Å². The fourth-order valence-electron chi connectivity index (χ4n) is 1.33. The molecule has 5 N–H and O–H groups in total. The first-order chi connectivity index (χ1) is 8.29. The molecule has 1 aromatic carbocycles. The summed E-state index contributed by atoms with van der Waals surface area (Å²) in [5.74, 6) is 0. The van der Waals surface area contributed by atoms with Gasteiger partial charge in [-0.2, -0.15) is 0 Å². The van der Waals surface area contributed by atoms with Crippen LogP contribution in [0.15, 0.2) is 18.2 Å². The van der Waals surface area contributed by atoms with Crippen LogP contribution in [-0.4, -0.2) is 27.4 Å². The number of hydrogen-bond acceptors (Lipinski definition) is 5. The van der Waals surface area contributed by atoms with Gasteiger partial charge in [0.15, 0.2) is 0 Å². The van der Waals surface area contributed by atoms with Crippen LogP contribution >= 0.6 is 7.60 Å². The normalized spacial score (nSPS) is 11.2. The first-order valence-corrected chi connectivity index (χ1v) is 6.92. The zero-order valence-electron chi connectivity index (χ0n) is 9.44. The van der Waals surface area contributed by atoms with Crippen LogP contribution in [0.5, 0.6) is 0 Å². The van der Waals surface area contributed by atoms with Gasteiger partial charge in [-0.25, -0.2) is 0 Å². The second-order valence-electron chi connectivity index (χ2n) is 3.70. The van der Waals surface area contributed by atoms with E-state index in [4.69, 9.17) is 15.5 Å². The van der Waals surface area contributed by atoms with E-state index in [-0.39, 0.29) is 24.0 Å². The summed E-state index contributed by atoms with van der Waals surface area (Å²) >= 11 is 0. The molecule has 0 aromatic heterocycles. The Bertz CT molecular complexity index is 487. The fraction of sp³-hybridized carbons (Fsp3) is 0.333. The fourth-order valence-corrected chi connectivity index (χ4v) is 1.90. The van der Waals surface area contributed by atoms with Crippen LogP contribution in [0.4, 0.5) is 17.1 Å². The van der Waals surface area contributed by atoms with Crippen LogP contribution in [0.3, 0.4) is 0 Å². The third-order valence-electron chi connectivity index (χ3n) is 2.19. The van der Waals surface area contributed by atoms with E-state index in [0.29, 0.717) is 12.2 Å². The molecule has 1 aromatic rings. The van der Waals surface area contributed by atoms with Crippen molar-refractivity contribution in [2.75, 3.05) is 23.8 Å². The zero-order chi connectivity index (χ0) is 13.8. The van der Waals surface area contributed by atoms with Gasteiger partial charge in [0.2, 0.25) is 0 Å². The van der Waals surface area contributed by atoms with Gasteiger partial charge in [-0.1, -0.05) is 0 Å². The second-order valence-corrected chi connectivity index (χ2v) is 5.47. The maximum atomic E-state index is 10.6. The van der Waals surface area contributed by atoms with Crippen molar-refractivity contribution in [1.82, 2.24) is 0 Å². The van der Waals surface area contributed by atoms with Gasteiger partial charge < -0.3 is 20.8 Å². The van der Waals surface area contributed by atoms with E-state index in [2.05, 4.69) is 5.32 Å². The van der Waals surface area contributed by atoms with Crippen molar-refractivity contribution in [2.24, 2.45) is 0 Å². The van der Waals surface area contributed by atoms with Crippen molar-refractivity contribution >= 4 is 24.7 Å². The lowest BCUT2D eigenvalue weighted by molar-refractivity contribution is -0.384. The highest BCUT2D eigenvalue weighted by Gasteiger charge is 2.12. The maximum absolute atomic E-state index is 10.6. The predicted molar refractivity (Wildman–Crippen MR) is 67.5 cm³/mol. The molecule has 0 bridgehead atoms. The standard InChI is InChI=1S/C9H14N3O5P/c10-8-6-7(12(13)14)2-3-9(8)11-4-1-5-18(15,16)17/h2-3,6,11H,1,4-5,10H2,(H2,15,16,17). The summed E-state index contributed by atoms with van der Waals surface area (Å²) in [6, 6.07) is 4.00. The third kappa shape index (κ3) is 4.70. The molecule has 8 nitrogen and oxygen atoms in total. The molecule has 0 atom stereocenters. The Morgan fingerprint density at radius 2 is 2.11 bits per heavy atom. The molecule has 0 aliphatic carbocycles. The first kappa shape index (κ1) is 14.4. The molecule has 100 valence electrons. The molecule has 0 heterocycles. The second kappa shape index (κ2) is 5.81. The average Bonchev–Trinajstić information content (AvgIpc) is 2.24. The molecule has 0 spiro atoms. The summed E-state index contributed by atoms with van der Waals surface area (Å²) < 4.78 is 10.6. The number of nitrogen functional groups attached to an aromatic ring is 1. The largest absolute Gasteiger partial charge is 0.397 e. The molecule has 0 unspecified atom stereocenters. The number of anilines is 2. The lowest BCUT2D eigenvalue weighted by atomic mass is 10.2. The lowest BCUT2D eigenvalue weighted by Crippen LogP contribution is -2.06. The summed E-state index contributed by atoms with van der Waals surface area (Å²) in [6.07, 6.45) is 0.0631. The van der Waals surface area contributed by atoms with Gasteiger partial charge in [0.25, 0.3) is 5.69 Å². The van der Waals surface area contributed by atoms with E-state index >= 15 is 0 Å². The average molecular weight is 275 g/mol. The molecule has 0 aliphatic heterocycles. The van der Waals surface area contributed by atoms with Crippen LogP contribution in [0.25, 0.3) is 0 Å². The number of nitro groups is 1. The molecule has 0 radical (unpaired) electrons. The van der Waals surface area contributed by atoms with Crippen LogP contribution in [0.2, 0.25) is 0 Å². The molecule has 0 aliphatic rings. The van der Waals surface area contributed by atoms with E-state index in [9.17, 15) is 14.7 Å². The minimum absolute atomic E-state index is 0.103. The number of nitrogens with two attached hydrogens (primary N) is 1. The number of nitrogens with one attached hydrogen (secondary N) is 1. The van der Waals surface area contributed by atoms with Gasteiger partial charge in [0.05, 0.1) is 22.5 Å². The van der Waals surface area contributed by atoms with Crippen LogP contribution in [0.1, 0.15) is 6.42 Å². The number of nitro benzene ring substituents is 1. The molecule has 18 heavy (non-hydrogen) atoms. The van der Waals surface area contributed by atoms with Crippen LogP contribution in [-0.2, 0) is 4.57 Å². The van der Waals surface area contributed by atoms with E-state index < -0.39 is 12.5 Å². The van der Waals surface area contributed by atoms with E-state index in [1.807, 2.05) is 0 Å². The summed E-state index contributed by atoms with van der Waals surface area (Å²) in [5, 5.41) is 13.3. The zero-order valence-corrected chi connectivity index (χ0v) is 10.3. The number of rotatable bonds is 6. The van der Waals surface area contributed by atoms with Crippen molar-refractivity contribution in [2.45, 2.75) is 6.42 Å². The third-order valence-corrected chi connectivity index (χ3v) is 3.09. The molecule has 0 saturated carbocycles. The Balaban J connectivity index is 2.53. The monoisotopic (exact) mass is 275 g/mol. The van der Waals surface area contributed by atoms with Gasteiger partial charge >= 0.3 is 7.60 Å². The molecular formula is C9H14N3O5P. The van der Waals surface area contributed by atoms with E-state index in [1.54, 1.807) is 0 Å². The summed E-state index contributed by atoms with van der Waals surface area (Å²) in [7, 11) is -3.98. The molecule has 9 heteroatoms. The van der Waals surface area contributed by atoms with Gasteiger partial charge in [-0.15, -0.1) is 0 Å². The lowest BCUT2D eigenvalue weighted by Gasteiger charge is -2.09. The van der Waals surface area contributed by atoms with Crippen molar-refractivity contribution in [3.63, 3.8) is 0 Å². The number of non-ortho nitro benzene ring substituents is 1. The van der Waals surface area contributed by atoms with Gasteiger partial charge in [0, 0.05) is 18.7 Å². The van der Waals surface area contributed by atoms with Crippen molar-refractivity contribution < 1.29 is 19.3 Å². The molecular weight excluding hydrogens is 261 g/mol. The quantitative estimate of drug-likeness (QED) is 0.201. The maximum Gasteiger partial charge on any atom is 0.325 e. The smallest absolute Gasteiger partial charge is 0.325 e. The topological polar surface area (TPSA) is 139 Å². The van der Waals surface area contributed by atoms with Gasteiger partial charge in [-0.3, -0.25) is 14.7 Å². The summed E-state index contributed by atoms with van der Waals surface area (Å²) in [6.45, 7) is 0.327. The Kier molecular flexibility index (Phi) is 4.66. The van der Waals surface area contributed by atoms with Crippen molar-refractivity contribution in [3.8, 4) is 0 Å². The minimum Gasteiger partial charge on any atom is -0.397 e. The SMILES string of the molecule is Nc1cc([N+](=O)[O-])ccc1NCCCP(=O)(O)O. The van der Waals surface area contributed by atoms with Gasteiger partial charge in [-0.05, 0) is 12.5 Å². The predicted octanol–water partition coefficient (Wildman–Crippen LogP) is 1.16.